The number of nitrogens with one attached hydrogen (secondary N) is 1. The average molecular weight is 255 g/mol. The molecule has 4 heteroatoms. The summed E-state index contributed by atoms with van der Waals surface area (Å²) < 4.78 is 37.5. The smallest absolute Gasteiger partial charge is 0.304 e. The van der Waals surface area contributed by atoms with Crippen molar-refractivity contribution in [3.8, 4) is 0 Å². The molecular weight excluding hydrogens is 239 g/mol. The van der Waals surface area contributed by atoms with Crippen LogP contribution in [0.25, 0.3) is 0 Å². The largest absolute Gasteiger partial charge is 0.416 e. The van der Waals surface area contributed by atoms with Crippen molar-refractivity contribution in [2.75, 3.05) is 0 Å². The molecule has 2 atom stereocenters. The van der Waals surface area contributed by atoms with Crippen LogP contribution in [0.4, 0.5) is 13.2 Å². The summed E-state index contributed by atoms with van der Waals surface area (Å²) in [6, 6.07) is 6.23. The molecule has 2 bridgehead atoms. The third-order valence-electron chi connectivity index (χ3n) is 4.25. The van der Waals surface area contributed by atoms with Gasteiger partial charge in [0.25, 0.3) is 0 Å². The first-order valence-corrected chi connectivity index (χ1v) is 6.45. The molecule has 4 rings (SSSR count). The molecule has 1 aromatic rings. The second kappa shape index (κ2) is 3.98. The Morgan fingerprint density at radius 2 is 1.78 bits per heavy atom. The summed E-state index contributed by atoms with van der Waals surface area (Å²) in [4.78, 5) is 0. The number of halogens is 3. The van der Waals surface area contributed by atoms with Crippen molar-refractivity contribution in [2.45, 2.75) is 49.9 Å². The molecule has 98 valence electrons. The zero-order valence-corrected chi connectivity index (χ0v) is 10.1. The maximum Gasteiger partial charge on any atom is 0.416 e. The van der Waals surface area contributed by atoms with Crippen LogP contribution in [0.5, 0.6) is 0 Å². The molecule has 1 nitrogen and oxygen atoms in total. The highest BCUT2D eigenvalue weighted by Gasteiger charge is 2.45. The van der Waals surface area contributed by atoms with Crippen LogP contribution in [0.1, 0.15) is 43.2 Å². The highest BCUT2D eigenvalue weighted by atomic mass is 19.4. The maximum atomic E-state index is 12.5. The van der Waals surface area contributed by atoms with E-state index >= 15 is 0 Å². The number of fused-ring (bicyclic) bond motifs is 3. The van der Waals surface area contributed by atoms with Gasteiger partial charge in [0.05, 0.1) is 5.56 Å². The monoisotopic (exact) mass is 255 g/mol. The first-order chi connectivity index (χ1) is 8.50. The van der Waals surface area contributed by atoms with Gasteiger partial charge in [-0.2, -0.15) is 13.2 Å². The second-order valence-electron chi connectivity index (χ2n) is 5.45. The third-order valence-corrected chi connectivity index (χ3v) is 4.25. The highest BCUT2D eigenvalue weighted by molar-refractivity contribution is 5.33. The van der Waals surface area contributed by atoms with Crippen molar-refractivity contribution in [1.29, 1.82) is 0 Å². The molecule has 1 N–H and O–H groups in total. The molecule has 0 radical (unpaired) electrons. The van der Waals surface area contributed by atoms with E-state index in [1.54, 1.807) is 12.1 Å². The van der Waals surface area contributed by atoms with Crippen LogP contribution in [-0.4, -0.2) is 6.04 Å². The Hall–Kier alpha value is -1.03. The molecule has 2 aliphatic heterocycles. The van der Waals surface area contributed by atoms with Crippen molar-refractivity contribution >= 4 is 0 Å². The molecule has 1 aromatic carbocycles. The van der Waals surface area contributed by atoms with Gasteiger partial charge in [0.15, 0.2) is 0 Å². The van der Waals surface area contributed by atoms with Crippen LogP contribution >= 0.6 is 0 Å². The average Bonchev–Trinajstić information content (AvgIpc) is 2.60. The number of hydrogen-bond acceptors (Lipinski definition) is 1. The first kappa shape index (κ1) is 12.0. The van der Waals surface area contributed by atoms with Crippen LogP contribution in [0.15, 0.2) is 24.3 Å². The zero-order valence-electron chi connectivity index (χ0n) is 10.1. The minimum Gasteiger partial charge on any atom is -0.304 e. The van der Waals surface area contributed by atoms with Gasteiger partial charge in [-0.15, -0.1) is 0 Å². The van der Waals surface area contributed by atoms with Gasteiger partial charge in [0, 0.05) is 11.6 Å². The number of hydrogen-bond donors (Lipinski definition) is 1. The van der Waals surface area contributed by atoms with Crippen molar-refractivity contribution < 1.29 is 13.2 Å². The van der Waals surface area contributed by atoms with Gasteiger partial charge in [-0.3, -0.25) is 0 Å². The van der Waals surface area contributed by atoms with Crippen LogP contribution < -0.4 is 5.32 Å². The molecule has 3 fully saturated rings. The Kier molecular flexibility index (Phi) is 2.66. The van der Waals surface area contributed by atoms with Crippen LogP contribution in [-0.2, 0) is 11.7 Å². The van der Waals surface area contributed by atoms with Gasteiger partial charge in [0.1, 0.15) is 0 Å². The van der Waals surface area contributed by atoms with E-state index in [-0.39, 0.29) is 5.54 Å². The lowest BCUT2D eigenvalue weighted by Gasteiger charge is -2.48. The van der Waals surface area contributed by atoms with E-state index in [1.807, 2.05) is 0 Å². The summed E-state index contributed by atoms with van der Waals surface area (Å²) >= 11 is 0. The molecular formula is C14H16F3N. The quantitative estimate of drug-likeness (QED) is 0.804. The Labute approximate surface area is 104 Å². The van der Waals surface area contributed by atoms with Gasteiger partial charge in [-0.25, -0.2) is 0 Å². The fourth-order valence-corrected chi connectivity index (χ4v) is 3.28. The number of rotatable bonds is 1. The molecule has 3 aliphatic rings. The Bertz CT molecular complexity index is 424. The topological polar surface area (TPSA) is 12.0 Å². The predicted octanol–water partition coefficient (Wildman–Crippen LogP) is 3.84. The van der Waals surface area contributed by atoms with Crippen LogP contribution in [0, 0.1) is 0 Å². The van der Waals surface area contributed by atoms with Crippen molar-refractivity contribution in [3.63, 3.8) is 0 Å². The number of benzene rings is 1. The molecule has 2 unspecified atom stereocenters. The zero-order chi connectivity index (χ0) is 12.8. The van der Waals surface area contributed by atoms with Crippen molar-refractivity contribution in [1.82, 2.24) is 5.32 Å². The molecule has 1 saturated carbocycles. The fraction of sp³-hybridized carbons (Fsp3) is 0.571. The SMILES string of the molecule is FC(F)(F)c1ccc(C23CCCCC(C2)N3)cc1. The minimum atomic E-state index is -4.24. The van der Waals surface area contributed by atoms with Crippen LogP contribution in [0.2, 0.25) is 0 Å². The highest BCUT2D eigenvalue weighted by Crippen LogP contribution is 2.44. The molecule has 2 saturated heterocycles. The lowest BCUT2D eigenvalue weighted by atomic mass is 9.74. The molecule has 0 amide bonds. The molecule has 0 spiro atoms. The Balaban J connectivity index is 1.85. The van der Waals surface area contributed by atoms with E-state index in [1.165, 1.54) is 25.0 Å². The minimum absolute atomic E-state index is 0.0503. The third kappa shape index (κ3) is 1.92. The molecule has 0 aromatic heterocycles. The fourth-order valence-electron chi connectivity index (χ4n) is 3.28. The summed E-state index contributed by atoms with van der Waals surface area (Å²) in [5.41, 5.74) is 0.395. The summed E-state index contributed by atoms with van der Waals surface area (Å²) in [5.74, 6) is 0. The van der Waals surface area contributed by atoms with Crippen molar-refractivity contribution in [3.05, 3.63) is 35.4 Å². The first-order valence-electron chi connectivity index (χ1n) is 6.45. The Morgan fingerprint density at radius 1 is 1.11 bits per heavy atom. The van der Waals surface area contributed by atoms with Gasteiger partial charge in [0.2, 0.25) is 0 Å². The van der Waals surface area contributed by atoms with E-state index in [0.717, 1.165) is 24.8 Å². The summed E-state index contributed by atoms with van der Waals surface area (Å²) in [5, 5.41) is 3.55. The van der Waals surface area contributed by atoms with Crippen LogP contribution in [0.3, 0.4) is 0 Å². The van der Waals surface area contributed by atoms with E-state index in [2.05, 4.69) is 5.32 Å². The summed E-state index contributed by atoms with van der Waals surface area (Å²) in [7, 11) is 0. The second-order valence-corrected chi connectivity index (χ2v) is 5.45. The standard InChI is InChI=1S/C14H16F3N/c15-14(16,17)11-6-4-10(5-7-11)13-8-2-1-3-12(9-13)18-13/h4-7,12,18H,1-3,8-9H2. The van der Waals surface area contributed by atoms with Gasteiger partial charge < -0.3 is 5.32 Å². The predicted molar refractivity (Wildman–Crippen MR) is 63.1 cm³/mol. The summed E-state index contributed by atoms with van der Waals surface area (Å²) in [6.45, 7) is 0. The van der Waals surface area contributed by atoms with Gasteiger partial charge in [-0.05, 0) is 37.0 Å². The van der Waals surface area contributed by atoms with E-state index < -0.39 is 11.7 Å². The van der Waals surface area contributed by atoms with Gasteiger partial charge in [-0.1, -0.05) is 25.0 Å². The molecule has 2 heterocycles. The number of alkyl halides is 3. The maximum absolute atomic E-state index is 12.5. The van der Waals surface area contributed by atoms with Gasteiger partial charge >= 0.3 is 6.18 Å². The molecule has 1 aliphatic carbocycles. The molecule has 18 heavy (non-hydrogen) atoms. The summed E-state index contributed by atoms with van der Waals surface area (Å²) in [6.07, 6.45) is 1.44. The Morgan fingerprint density at radius 3 is 2.39 bits per heavy atom. The lowest BCUT2D eigenvalue weighted by molar-refractivity contribution is -0.137. The van der Waals surface area contributed by atoms with E-state index in [0.29, 0.717) is 6.04 Å². The van der Waals surface area contributed by atoms with E-state index in [9.17, 15) is 13.2 Å². The normalized spacial score (nSPS) is 31.6. The lowest BCUT2D eigenvalue weighted by Crippen LogP contribution is -2.59. The van der Waals surface area contributed by atoms with E-state index in [4.69, 9.17) is 0 Å². The van der Waals surface area contributed by atoms with Crippen molar-refractivity contribution in [2.24, 2.45) is 0 Å².